The minimum atomic E-state index is -0.762. The number of hydrogen-bond acceptors (Lipinski definition) is 2. The number of nitrogens with one attached hydrogen (secondary N) is 2. The van der Waals surface area contributed by atoms with Crippen LogP contribution >= 0.6 is 0 Å². The Bertz CT molecular complexity index is 289. The molecule has 1 aliphatic rings. The van der Waals surface area contributed by atoms with Gasteiger partial charge in [0.25, 0.3) is 0 Å². The molecule has 82 valence electrons. The molecule has 1 aromatic carbocycles. The molecule has 3 heteroatoms. The van der Waals surface area contributed by atoms with Crippen molar-refractivity contribution >= 4 is 0 Å². The molecule has 2 atom stereocenters. The summed E-state index contributed by atoms with van der Waals surface area (Å²) in [6.45, 7) is 2.14. The van der Waals surface area contributed by atoms with Crippen molar-refractivity contribution in [3.8, 4) is 0 Å². The minimum Gasteiger partial charge on any atom is -0.314 e. The predicted molar refractivity (Wildman–Crippen MR) is 59.5 cm³/mol. The summed E-state index contributed by atoms with van der Waals surface area (Å²) in [7, 11) is 0. The molecular weight excluding hydrogens is 191 g/mol. The first kappa shape index (κ1) is 10.6. The SMILES string of the molecule is F[C@@H]1CNCC[C@@H]1NCc1ccccc1. The topological polar surface area (TPSA) is 24.1 Å². The quantitative estimate of drug-likeness (QED) is 0.786. The maximum Gasteiger partial charge on any atom is 0.128 e. The van der Waals surface area contributed by atoms with Crippen LogP contribution in [-0.4, -0.2) is 25.3 Å². The van der Waals surface area contributed by atoms with Gasteiger partial charge < -0.3 is 10.6 Å². The highest BCUT2D eigenvalue weighted by Crippen LogP contribution is 2.08. The second-order valence-electron chi connectivity index (χ2n) is 3.98. The average Bonchev–Trinajstić information content (AvgIpc) is 2.29. The Balaban J connectivity index is 1.82. The van der Waals surface area contributed by atoms with Crippen LogP contribution in [0.25, 0.3) is 0 Å². The highest BCUT2D eigenvalue weighted by atomic mass is 19.1. The molecule has 0 saturated carbocycles. The van der Waals surface area contributed by atoms with Crippen molar-refractivity contribution in [2.24, 2.45) is 0 Å². The monoisotopic (exact) mass is 208 g/mol. The number of benzene rings is 1. The molecule has 2 N–H and O–H groups in total. The molecule has 0 spiro atoms. The summed E-state index contributed by atoms with van der Waals surface area (Å²) in [6.07, 6.45) is 0.107. The van der Waals surface area contributed by atoms with E-state index >= 15 is 0 Å². The van der Waals surface area contributed by atoms with Gasteiger partial charge in [-0.1, -0.05) is 30.3 Å². The fraction of sp³-hybridized carbons (Fsp3) is 0.500. The van der Waals surface area contributed by atoms with Crippen molar-refractivity contribution in [1.82, 2.24) is 10.6 Å². The van der Waals surface area contributed by atoms with E-state index < -0.39 is 6.17 Å². The zero-order valence-electron chi connectivity index (χ0n) is 8.75. The zero-order chi connectivity index (χ0) is 10.5. The highest BCUT2D eigenvalue weighted by molar-refractivity contribution is 5.14. The van der Waals surface area contributed by atoms with E-state index in [0.717, 1.165) is 19.5 Å². The smallest absolute Gasteiger partial charge is 0.128 e. The number of halogens is 1. The van der Waals surface area contributed by atoms with Gasteiger partial charge in [0.2, 0.25) is 0 Å². The van der Waals surface area contributed by atoms with Gasteiger partial charge in [0.05, 0.1) is 0 Å². The lowest BCUT2D eigenvalue weighted by molar-refractivity contribution is 0.202. The van der Waals surface area contributed by atoms with Crippen LogP contribution in [0.2, 0.25) is 0 Å². The van der Waals surface area contributed by atoms with E-state index in [1.807, 2.05) is 18.2 Å². The van der Waals surface area contributed by atoms with Crippen molar-refractivity contribution in [3.63, 3.8) is 0 Å². The highest BCUT2D eigenvalue weighted by Gasteiger charge is 2.23. The summed E-state index contributed by atoms with van der Waals surface area (Å²) in [5.41, 5.74) is 1.21. The average molecular weight is 208 g/mol. The molecule has 1 heterocycles. The van der Waals surface area contributed by atoms with E-state index in [0.29, 0.717) is 6.54 Å². The molecule has 0 bridgehead atoms. The standard InChI is InChI=1S/C12H17FN2/c13-11-9-14-7-6-12(11)15-8-10-4-2-1-3-5-10/h1-5,11-12,14-15H,6-9H2/t11-,12+/m1/s1. The van der Waals surface area contributed by atoms with E-state index in [4.69, 9.17) is 0 Å². The third-order valence-corrected chi connectivity index (χ3v) is 2.82. The molecular formula is C12H17FN2. The van der Waals surface area contributed by atoms with Gasteiger partial charge in [-0.25, -0.2) is 4.39 Å². The third-order valence-electron chi connectivity index (χ3n) is 2.82. The molecule has 1 aromatic rings. The summed E-state index contributed by atoms with van der Waals surface area (Å²) in [6, 6.07) is 10.1. The number of hydrogen-bond donors (Lipinski definition) is 2. The summed E-state index contributed by atoms with van der Waals surface area (Å²) in [5, 5.41) is 6.32. The summed E-state index contributed by atoms with van der Waals surface area (Å²) < 4.78 is 13.4. The largest absolute Gasteiger partial charge is 0.314 e. The lowest BCUT2D eigenvalue weighted by Crippen LogP contribution is -2.48. The molecule has 0 amide bonds. The van der Waals surface area contributed by atoms with Gasteiger partial charge in [0.15, 0.2) is 0 Å². The minimum absolute atomic E-state index is 0.00598. The van der Waals surface area contributed by atoms with E-state index in [2.05, 4.69) is 22.8 Å². The molecule has 1 fully saturated rings. The number of piperidine rings is 1. The molecule has 2 nitrogen and oxygen atoms in total. The number of alkyl halides is 1. The predicted octanol–water partition coefficient (Wildman–Crippen LogP) is 1.48. The van der Waals surface area contributed by atoms with Crippen molar-refractivity contribution in [1.29, 1.82) is 0 Å². The Morgan fingerprint density at radius 3 is 2.87 bits per heavy atom. The van der Waals surface area contributed by atoms with Gasteiger partial charge in [-0.15, -0.1) is 0 Å². The van der Waals surface area contributed by atoms with Crippen LogP contribution in [0.5, 0.6) is 0 Å². The van der Waals surface area contributed by atoms with Gasteiger partial charge in [-0.3, -0.25) is 0 Å². The lowest BCUT2D eigenvalue weighted by Gasteiger charge is -2.27. The zero-order valence-corrected chi connectivity index (χ0v) is 8.75. The van der Waals surface area contributed by atoms with Crippen LogP contribution in [0.1, 0.15) is 12.0 Å². The molecule has 2 rings (SSSR count). The van der Waals surface area contributed by atoms with Crippen LogP contribution in [0.15, 0.2) is 30.3 Å². The van der Waals surface area contributed by atoms with Crippen molar-refractivity contribution in [2.75, 3.05) is 13.1 Å². The maximum absolute atomic E-state index is 13.4. The Kier molecular flexibility index (Phi) is 3.69. The number of rotatable bonds is 3. The fourth-order valence-electron chi connectivity index (χ4n) is 1.90. The van der Waals surface area contributed by atoms with Gasteiger partial charge in [0, 0.05) is 19.1 Å². The van der Waals surface area contributed by atoms with Crippen LogP contribution < -0.4 is 10.6 Å². The third kappa shape index (κ3) is 3.01. The van der Waals surface area contributed by atoms with Crippen molar-refractivity contribution < 1.29 is 4.39 Å². The van der Waals surface area contributed by atoms with E-state index in [1.165, 1.54) is 5.56 Å². The van der Waals surface area contributed by atoms with Crippen molar-refractivity contribution in [2.45, 2.75) is 25.2 Å². The van der Waals surface area contributed by atoms with E-state index in [-0.39, 0.29) is 6.04 Å². The summed E-state index contributed by atoms with van der Waals surface area (Å²) >= 11 is 0. The first-order valence-electron chi connectivity index (χ1n) is 5.48. The molecule has 0 radical (unpaired) electrons. The molecule has 1 aliphatic heterocycles. The van der Waals surface area contributed by atoms with Crippen LogP contribution in [0.3, 0.4) is 0 Å². The van der Waals surface area contributed by atoms with Crippen LogP contribution in [0.4, 0.5) is 4.39 Å². The molecule has 0 aliphatic carbocycles. The Morgan fingerprint density at radius 1 is 1.33 bits per heavy atom. The van der Waals surface area contributed by atoms with E-state index in [9.17, 15) is 4.39 Å². The molecule has 0 aromatic heterocycles. The summed E-state index contributed by atoms with van der Waals surface area (Å²) in [5.74, 6) is 0. The van der Waals surface area contributed by atoms with Crippen LogP contribution in [0, 0.1) is 0 Å². The Hall–Kier alpha value is -0.930. The van der Waals surface area contributed by atoms with E-state index in [1.54, 1.807) is 0 Å². The van der Waals surface area contributed by atoms with Gasteiger partial charge in [-0.2, -0.15) is 0 Å². The van der Waals surface area contributed by atoms with Crippen molar-refractivity contribution in [3.05, 3.63) is 35.9 Å². The molecule has 0 unspecified atom stereocenters. The lowest BCUT2D eigenvalue weighted by atomic mass is 10.0. The second kappa shape index (κ2) is 5.24. The van der Waals surface area contributed by atoms with Gasteiger partial charge in [0.1, 0.15) is 6.17 Å². The first-order valence-corrected chi connectivity index (χ1v) is 5.48. The summed E-state index contributed by atoms with van der Waals surface area (Å²) in [4.78, 5) is 0. The molecule has 1 saturated heterocycles. The van der Waals surface area contributed by atoms with Crippen LogP contribution in [-0.2, 0) is 6.54 Å². The normalized spacial score (nSPS) is 26.5. The Labute approximate surface area is 89.9 Å². The second-order valence-corrected chi connectivity index (χ2v) is 3.98. The van der Waals surface area contributed by atoms with Gasteiger partial charge >= 0.3 is 0 Å². The first-order chi connectivity index (χ1) is 7.36. The van der Waals surface area contributed by atoms with Gasteiger partial charge in [-0.05, 0) is 18.5 Å². The Morgan fingerprint density at radius 2 is 2.13 bits per heavy atom. The fourth-order valence-corrected chi connectivity index (χ4v) is 1.90. The maximum atomic E-state index is 13.4. The molecule has 15 heavy (non-hydrogen) atoms.